The van der Waals surface area contributed by atoms with Crippen molar-refractivity contribution in [2.75, 3.05) is 14.2 Å². The van der Waals surface area contributed by atoms with E-state index in [4.69, 9.17) is 14.5 Å². The summed E-state index contributed by atoms with van der Waals surface area (Å²) in [6.45, 7) is 0. The third-order valence-electron chi connectivity index (χ3n) is 6.07. The van der Waals surface area contributed by atoms with E-state index in [1.165, 1.54) is 36.1 Å². The molecule has 1 amide bonds. The molecule has 0 radical (unpaired) electrons. The maximum Gasteiger partial charge on any atom is 0.254 e. The van der Waals surface area contributed by atoms with E-state index in [1.54, 1.807) is 31.8 Å². The fraction of sp³-hybridized carbons (Fsp3) is 0.500. The SMILES string of the molecule is COc1cccc(C=Nc2sc3c(c2C(=O)NC2CCCCC2)CCCC3)c1OC. The van der Waals surface area contributed by atoms with Gasteiger partial charge in [-0.15, -0.1) is 11.3 Å². The van der Waals surface area contributed by atoms with Crippen LogP contribution in [-0.4, -0.2) is 32.4 Å². The van der Waals surface area contributed by atoms with E-state index in [-0.39, 0.29) is 5.91 Å². The Morgan fingerprint density at radius 2 is 1.90 bits per heavy atom. The molecule has 2 aliphatic carbocycles. The molecule has 0 unspecified atom stereocenters. The molecule has 1 fully saturated rings. The van der Waals surface area contributed by atoms with Crippen molar-refractivity contribution in [1.82, 2.24) is 5.32 Å². The number of rotatable bonds is 6. The molecule has 2 aliphatic rings. The molecule has 2 aromatic rings. The van der Waals surface area contributed by atoms with Gasteiger partial charge in [0, 0.05) is 22.7 Å². The summed E-state index contributed by atoms with van der Waals surface area (Å²) in [6, 6.07) is 6.02. The Morgan fingerprint density at radius 1 is 1.10 bits per heavy atom. The minimum absolute atomic E-state index is 0.0473. The van der Waals surface area contributed by atoms with E-state index in [1.807, 2.05) is 18.2 Å². The number of methoxy groups -OCH3 is 2. The number of carbonyl (C=O) groups excluding carboxylic acids is 1. The Morgan fingerprint density at radius 3 is 2.67 bits per heavy atom. The summed E-state index contributed by atoms with van der Waals surface area (Å²) < 4.78 is 10.9. The molecule has 1 saturated carbocycles. The van der Waals surface area contributed by atoms with Crippen molar-refractivity contribution in [3.63, 3.8) is 0 Å². The van der Waals surface area contributed by atoms with Crippen LogP contribution in [0.15, 0.2) is 23.2 Å². The first-order chi connectivity index (χ1) is 14.7. The van der Waals surface area contributed by atoms with Crippen LogP contribution < -0.4 is 14.8 Å². The first-order valence-electron chi connectivity index (χ1n) is 10.9. The first-order valence-corrected chi connectivity index (χ1v) is 11.7. The molecule has 30 heavy (non-hydrogen) atoms. The van der Waals surface area contributed by atoms with Gasteiger partial charge in [-0.3, -0.25) is 4.79 Å². The predicted octanol–water partition coefficient (Wildman–Crippen LogP) is 5.46. The topological polar surface area (TPSA) is 59.9 Å². The molecule has 0 aliphatic heterocycles. The highest BCUT2D eigenvalue weighted by molar-refractivity contribution is 7.16. The molecule has 1 heterocycles. The summed E-state index contributed by atoms with van der Waals surface area (Å²) in [5.74, 6) is 1.37. The van der Waals surface area contributed by atoms with Gasteiger partial charge < -0.3 is 14.8 Å². The lowest BCUT2D eigenvalue weighted by Gasteiger charge is -2.23. The molecule has 4 rings (SSSR count). The molecule has 0 bridgehead atoms. The van der Waals surface area contributed by atoms with Gasteiger partial charge in [-0.1, -0.05) is 25.3 Å². The molecule has 1 aromatic carbocycles. The Bertz CT molecular complexity index is 929. The smallest absolute Gasteiger partial charge is 0.254 e. The normalized spacial score (nSPS) is 17.0. The van der Waals surface area contributed by atoms with Gasteiger partial charge in [-0.25, -0.2) is 4.99 Å². The van der Waals surface area contributed by atoms with Gasteiger partial charge in [-0.05, 0) is 56.2 Å². The highest BCUT2D eigenvalue weighted by Gasteiger charge is 2.27. The van der Waals surface area contributed by atoms with Crippen LogP contribution in [0.1, 0.15) is 71.3 Å². The van der Waals surface area contributed by atoms with Crippen LogP contribution in [0.4, 0.5) is 5.00 Å². The van der Waals surface area contributed by atoms with E-state index in [2.05, 4.69) is 5.32 Å². The van der Waals surface area contributed by atoms with Gasteiger partial charge in [0.1, 0.15) is 5.00 Å². The highest BCUT2D eigenvalue weighted by atomic mass is 32.1. The monoisotopic (exact) mass is 426 g/mol. The van der Waals surface area contributed by atoms with Crippen LogP contribution in [-0.2, 0) is 12.8 Å². The second-order valence-corrected chi connectivity index (χ2v) is 9.12. The first kappa shape index (κ1) is 20.9. The number of para-hydroxylation sites is 1. The summed E-state index contributed by atoms with van der Waals surface area (Å²) >= 11 is 1.66. The number of aliphatic imine (C=N–C) groups is 1. The van der Waals surface area contributed by atoms with Crippen molar-refractivity contribution >= 4 is 28.5 Å². The summed E-state index contributed by atoms with van der Waals surface area (Å²) in [5, 5.41) is 4.11. The van der Waals surface area contributed by atoms with E-state index >= 15 is 0 Å². The summed E-state index contributed by atoms with van der Waals surface area (Å²) in [5.41, 5.74) is 2.84. The fourth-order valence-corrected chi connectivity index (χ4v) is 5.75. The number of benzene rings is 1. The Balaban J connectivity index is 1.65. The van der Waals surface area contributed by atoms with Crippen LogP contribution in [0, 0.1) is 0 Å². The van der Waals surface area contributed by atoms with Crippen molar-refractivity contribution in [2.24, 2.45) is 4.99 Å². The number of hydrogen-bond donors (Lipinski definition) is 1. The molecule has 5 nitrogen and oxygen atoms in total. The number of aryl methyl sites for hydroxylation is 1. The quantitative estimate of drug-likeness (QED) is 0.624. The Kier molecular flexibility index (Phi) is 6.72. The van der Waals surface area contributed by atoms with Gasteiger partial charge in [0.2, 0.25) is 0 Å². The second-order valence-electron chi connectivity index (χ2n) is 8.04. The molecule has 1 aromatic heterocycles. The second kappa shape index (κ2) is 9.65. The molecule has 6 heteroatoms. The van der Waals surface area contributed by atoms with Crippen LogP contribution >= 0.6 is 11.3 Å². The Labute approximate surface area is 182 Å². The molecular formula is C24H30N2O3S. The number of thiophene rings is 1. The zero-order chi connectivity index (χ0) is 20.9. The summed E-state index contributed by atoms with van der Waals surface area (Å²) in [4.78, 5) is 19.4. The molecule has 0 atom stereocenters. The Hall–Kier alpha value is -2.34. The van der Waals surface area contributed by atoms with Gasteiger partial charge in [-0.2, -0.15) is 0 Å². The average Bonchev–Trinajstić information content (AvgIpc) is 3.16. The number of carbonyl (C=O) groups is 1. The van der Waals surface area contributed by atoms with E-state index in [0.717, 1.165) is 48.2 Å². The van der Waals surface area contributed by atoms with Crippen molar-refractivity contribution in [2.45, 2.75) is 63.8 Å². The number of nitrogens with zero attached hydrogens (tertiary/aromatic N) is 1. The number of amides is 1. The van der Waals surface area contributed by atoms with Gasteiger partial charge in [0.25, 0.3) is 5.91 Å². The molecule has 0 spiro atoms. The fourth-order valence-electron chi connectivity index (χ4n) is 4.52. The van der Waals surface area contributed by atoms with E-state index < -0.39 is 0 Å². The van der Waals surface area contributed by atoms with Crippen LogP contribution in [0.25, 0.3) is 0 Å². The van der Waals surface area contributed by atoms with E-state index in [9.17, 15) is 4.79 Å². The third-order valence-corrected chi connectivity index (χ3v) is 7.27. The molecule has 1 N–H and O–H groups in total. The minimum atomic E-state index is 0.0473. The zero-order valence-corrected chi connectivity index (χ0v) is 18.6. The minimum Gasteiger partial charge on any atom is -0.493 e. The van der Waals surface area contributed by atoms with Gasteiger partial charge >= 0.3 is 0 Å². The number of hydrogen-bond acceptors (Lipinski definition) is 5. The van der Waals surface area contributed by atoms with Crippen molar-refractivity contribution in [1.29, 1.82) is 0 Å². The largest absolute Gasteiger partial charge is 0.493 e. The van der Waals surface area contributed by atoms with Gasteiger partial charge in [0.05, 0.1) is 19.8 Å². The maximum atomic E-state index is 13.3. The van der Waals surface area contributed by atoms with Crippen LogP contribution in [0.3, 0.4) is 0 Å². The van der Waals surface area contributed by atoms with Gasteiger partial charge in [0.15, 0.2) is 11.5 Å². The molecule has 0 saturated heterocycles. The number of fused-ring (bicyclic) bond motifs is 1. The van der Waals surface area contributed by atoms with Crippen LogP contribution in [0.2, 0.25) is 0 Å². The molecular weight excluding hydrogens is 396 g/mol. The standard InChI is InChI=1S/C24H30N2O3S/c1-28-19-13-8-9-16(22(19)29-2)15-25-24-21(18-12-6-7-14-20(18)30-24)23(27)26-17-10-4-3-5-11-17/h8-9,13,15,17H,3-7,10-12,14H2,1-2H3,(H,26,27). The predicted molar refractivity (Wildman–Crippen MR) is 122 cm³/mol. The average molecular weight is 427 g/mol. The van der Waals surface area contributed by atoms with Crippen molar-refractivity contribution in [3.8, 4) is 11.5 Å². The summed E-state index contributed by atoms with van der Waals surface area (Å²) in [7, 11) is 3.25. The van der Waals surface area contributed by atoms with Crippen molar-refractivity contribution in [3.05, 3.63) is 39.8 Å². The highest BCUT2D eigenvalue weighted by Crippen LogP contribution is 2.40. The van der Waals surface area contributed by atoms with Crippen LogP contribution in [0.5, 0.6) is 11.5 Å². The lowest BCUT2D eigenvalue weighted by molar-refractivity contribution is 0.0927. The van der Waals surface area contributed by atoms with E-state index in [0.29, 0.717) is 17.5 Å². The summed E-state index contributed by atoms with van der Waals surface area (Å²) in [6.07, 6.45) is 12.0. The lowest BCUT2D eigenvalue weighted by Crippen LogP contribution is -2.36. The lowest BCUT2D eigenvalue weighted by atomic mass is 9.93. The number of nitrogens with one attached hydrogen (secondary N) is 1. The van der Waals surface area contributed by atoms with Crippen molar-refractivity contribution < 1.29 is 14.3 Å². The number of ether oxygens (including phenoxy) is 2. The third kappa shape index (κ3) is 4.38. The molecule has 160 valence electrons. The maximum absolute atomic E-state index is 13.3. The zero-order valence-electron chi connectivity index (χ0n) is 17.8.